The average molecular weight is 884 g/mol. The maximum absolute atomic E-state index is 14.2. The van der Waals surface area contributed by atoms with Gasteiger partial charge in [-0.15, -0.1) is 6.58 Å². The molecule has 2 heterocycles. The Morgan fingerprint density at radius 2 is 1.80 bits per heavy atom. The van der Waals surface area contributed by atoms with Gasteiger partial charge in [0.05, 0.1) is 49.0 Å². The largest absolute Gasteiger partial charge is 0.459 e. The van der Waals surface area contributed by atoms with Gasteiger partial charge in [0.2, 0.25) is 12.1 Å². The van der Waals surface area contributed by atoms with Crippen LogP contribution in [0.5, 0.6) is 17.2 Å². The lowest BCUT2D eigenvalue weighted by atomic mass is 9.55. The minimum absolute atomic E-state index is 0.0113. The van der Waals surface area contributed by atoms with Crippen LogP contribution in [0.4, 0.5) is 10.5 Å². The maximum Gasteiger partial charge on any atom is 0.410 e. The summed E-state index contributed by atoms with van der Waals surface area (Å²) in [7, 11) is 1.68. The van der Waals surface area contributed by atoms with Gasteiger partial charge in [-0.25, -0.2) is 4.79 Å². The highest BCUT2D eigenvalue weighted by Crippen LogP contribution is 2.62. The number of aliphatic hydroxyl groups is 2. The molecule has 7 rings (SSSR count). The summed E-state index contributed by atoms with van der Waals surface area (Å²) in [6.45, 7) is 5.37. The number of fused-ring (bicyclic) bond motifs is 2. The summed E-state index contributed by atoms with van der Waals surface area (Å²) in [5, 5.41) is 36.3. The van der Waals surface area contributed by atoms with Gasteiger partial charge in [-0.3, -0.25) is 10.1 Å². The number of non-ortho nitro benzene ring substituents is 1. The van der Waals surface area contributed by atoms with E-state index in [0.29, 0.717) is 55.4 Å². The molecule has 7 atom stereocenters. The molecule has 0 aromatic heterocycles. The van der Waals surface area contributed by atoms with E-state index in [9.17, 15) is 25.1 Å². The lowest BCUT2D eigenvalue weighted by Gasteiger charge is -2.59. The van der Waals surface area contributed by atoms with E-state index >= 15 is 0 Å². The second-order valence-corrected chi connectivity index (χ2v) is 16.8. The fraction of sp³-hybridized carbons (Fsp3) is 0.510. The number of carbonyl (C=O) groups excluding carboxylic acids is 1. The van der Waals surface area contributed by atoms with Crippen molar-refractivity contribution >= 4 is 17.5 Å². The smallest absolute Gasteiger partial charge is 0.410 e. The number of allylic oxidation sites excluding steroid dienone is 1. The minimum Gasteiger partial charge on any atom is -0.459 e. The quantitative estimate of drug-likeness (QED) is 0.0424. The van der Waals surface area contributed by atoms with E-state index in [1.165, 1.54) is 17.0 Å². The third-order valence-corrected chi connectivity index (χ3v) is 12.6. The van der Waals surface area contributed by atoms with Crippen LogP contribution in [-0.2, 0) is 30.4 Å². The van der Waals surface area contributed by atoms with Gasteiger partial charge in [0.25, 0.3) is 5.69 Å². The van der Waals surface area contributed by atoms with Gasteiger partial charge >= 0.3 is 6.09 Å². The number of benzene rings is 3. The summed E-state index contributed by atoms with van der Waals surface area (Å²) in [5.41, 5.74) is 3.27. The van der Waals surface area contributed by atoms with Crippen molar-refractivity contribution < 1.29 is 53.2 Å². The fourth-order valence-electron chi connectivity index (χ4n) is 9.69. The normalized spacial score (nSPS) is 25.2. The molecular formula is C49H61N3O12. The molecule has 2 fully saturated rings. The first kappa shape index (κ1) is 46.7. The van der Waals surface area contributed by atoms with Gasteiger partial charge < -0.3 is 48.4 Å². The molecule has 64 heavy (non-hydrogen) atoms. The number of aliphatic hydroxyl groups excluding tert-OH is 2. The highest BCUT2D eigenvalue weighted by atomic mass is 16.8. The number of hydrogen-bond acceptors (Lipinski definition) is 13. The summed E-state index contributed by atoms with van der Waals surface area (Å²) in [4.78, 5) is 33.1. The Morgan fingerprint density at radius 3 is 2.55 bits per heavy atom. The van der Waals surface area contributed by atoms with Crippen molar-refractivity contribution in [3.8, 4) is 17.2 Å². The van der Waals surface area contributed by atoms with Crippen LogP contribution < -0.4 is 9.47 Å². The van der Waals surface area contributed by atoms with Crippen LogP contribution in [0.2, 0.25) is 0 Å². The molecule has 2 aliphatic heterocycles. The van der Waals surface area contributed by atoms with E-state index < -0.39 is 35.1 Å². The Bertz CT molecular complexity index is 2090. The number of unbranched alkanes of at least 4 members (excludes halogenated alkanes) is 2. The third kappa shape index (κ3) is 10.9. The Labute approximate surface area is 374 Å². The lowest BCUT2D eigenvalue weighted by Crippen LogP contribution is -2.69. The van der Waals surface area contributed by atoms with Gasteiger partial charge in [-0.2, -0.15) is 0 Å². The van der Waals surface area contributed by atoms with Crippen LogP contribution >= 0.6 is 0 Å². The third-order valence-electron chi connectivity index (χ3n) is 12.6. The molecule has 2 aliphatic carbocycles. The van der Waals surface area contributed by atoms with E-state index in [1.54, 1.807) is 31.3 Å². The highest BCUT2D eigenvalue weighted by Gasteiger charge is 2.65. The first-order valence-electron chi connectivity index (χ1n) is 22.6. The summed E-state index contributed by atoms with van der Waals surface area (Å²) in [6.07, 6.45) is 9.88. The standard InChI is InChI=1S/C49H61N3O12/c1-3-25-61-49-44(51(2)48(55)60-28-27-58-33-34-14-5-4-6-15-34)32-42(50-64-45-20-9-12-26-59-45)40-29-35(16-7-10-23-53)39(19-8-11-24-54)46(47(40)49)41-31-38(21-22-43(41)63-49)62-37-18-13-17-36(30-37)52(56)57/h3-6,13-15,17-18,21-22,29-31,35,39,44-47,53-54H,1,7-12,16,19-20,23-28,32-33H2,2H3. The van der Waals surface area contributed by atoms with Crippen molar-refractivity contribution in [3.05, 3.63) is 118 Å². The van der Waals surface area contributed by atoms with E-state index in [-0.39, 0.29) is 62.9 Å². The second kappa shape index (κ2) is 22.5. The summed E-state index contributed by atoms with van der Waals surface area (Å²) < 4.78 is 38.1. The van der Waals surface area contributed by atoms with E-state index in [1.807, 2.05) is 42.5 Å². The van der Waals surface area contributed by atoms with Crippen molar-refractivity contribution in [1.29, 1.82) is 0 Å². The highest BCUT2D eigenvalue weighted by molar-refractivity contribution is 6.03. The Balaban J connectivity index is 1.32. The number of ether oxygens (including phenoxy) is 6. The van der Waals surface area contributed by atoms with E-state index in [4.69, 9.17) is 38.4 Å². The molecule has 1 amide bonds. The van der Waals surface area contributed by atoms with Crippen molar-refractivity contribution in [1.82, 2.24) is 4.90 Å². The van der Waals surface area contributed by atoms with Gasteiger partial charge in [0, 0.05) is 50.7 Å². The average Bonchev–Trinajstić information content (AvgIpc) is 3.31. The topological polar surface area (TPSA) is 181 Å². The van der Waals surface area contributed by atoms with Crippen LogP contribution in [0.1, 0.15) is 81.3 Å². The molecule has 0 spiro atoms. The van der Waals surface area contributed by atoms with Crippen LogP contribution in [0.25, 0.3) is 0 Å². The van der Waals surface area contributed by atoms with Gasteiger partial charge in [0.15, 0.2) is 0 Å². The van der Waals surface area contributed by atoms with Gasteiger partial charge in [-0.05, 0) is 85.8 Å². The predicted octanol–water partition coefficient (Wildman–Crippen LogP) is 8.83. The molecule has 0 radical (unpaired) electrons. The Morgan fingerprint density at radius 1 is 1.00 bits per heavy atom. The molecule has 15 nitrogen and oxygen atoms in total. The molecule has 3 aromatic carbocycles. The van der Waals surface area contributed by atoms with Crippen LogP contribution in [0.3, 0.4) is 0 Å². The second-order valence-electron chi connectivity index (χ2n) is 16.8. The molecule has 4 aliphatic rings. The fourth-order valence-corrected chi connectivity index (χ4v) is 9.69. The number of amides is 1. The molecule has 15 heteroatoms. The zero-order valence-electron chi connectivity index (χ0n) is 36.6. The lowest BCUT2D eigenvalue weighted by molar-refractivity contribution is -0.384. The molecular weight excluding hydrogens is 823 g/mol. The molecule has 344 valence electrons. The van der Waals surface area contributed by atoms with E-state index in [2.05, 4.69) is 12.7 Å². The zero-order chi connectivity index (χ0) is 44.9. The number of likely N-dealkylation sites (N-methyl/N-ethyl adjacent to an activating group) is 1. The van der Waals surface area contributed by atoms with Crippen LogP contribution in [-0.4, -0.2) is 96.6 Å². The Hall–Kier alpha value is -5.32. The van der Waals surface area contributed by atoms with Crippen LogP contribution in [0.15, 0.2) is 102 Å². The molecule has 7 unspecified atom stereocenters. The minimum atomic E-state index is -1.48. The summed E-state index contributed by atoms with van der Waals surface area (Å²) >= 11 is 0. The number of oxime groups is 1. The van der Waals surface area contributed by atoms with Crippen molar-refractivity contribution in [2.24, 2.45) is 22.9 Å². The monoisotopic (exact) mass is 883 g/mol. The molecule has 1 saturated carbocycles. The SMILES string of the molecule is C=CCOC12Oc3ccc(Oc4cccc([N+](=O)[O-])c4)cc3C3C(CCCCO)C(CCCCO)C=C(C(=NOC4CCCCO4)CC1N(C)C(=O)OCCOCc1ccccc1)C32. The molecule has 0 bridgehead atoms. The van der Waals surface area contributed by atoms with Crippen LogP contribution in [0, 0.1) is 27.9 Å². The number of nitro groups is 1. The number of hydrogen-bond donors (Lipinski definition) is 2. The summed E-state index contributed by atoms with van der Waals surface area (Å²) in [6, 6.07) is 20.5. The van der Waals surface area contributed by atoms with E-state index in [0.717, 1.165) is 55.2 Å². The molecule has 1 saturated heterocycles. The zero-order valence-corrected chi connectivity index (χ0v) is 36.6. The first-order chi connectivity index (χ1) is 31.3. The number of nitro benzene ring substituents is 1. The molecule has 3 aromatic rings. The van der Waals surface area contributed by atoms with Crippen molar-refractivity contribution in [2.75, 3.05) is 46.7 Å². The number of rotatable bonds is 22. The number of nitrogens with zero attached hydrogens (tertiary/aromatic N) is 3. The maximum atomic E-state index is 14.2. The summed E-state index contributed by atoms with van der Waals surface area (Å²) in [5.74, 6) is -1.07. The molecule has 2 N–H and O–H groups in total. The van der Waals surface area contributed by atoms with Crippen molar-refractivity contribution in [2.45, 2.75) is 94.9 Å². The van der Waals surface area contributed by atoms with Crippen molar-refractivity contribution in [3.63, 3.8) is 0 Å². The Kier molecular flexibility index (Phi) is 16.4. The predicted molar refractivity (Wildman–Crippen MR) is 238 cm³/mol. The number of carbonyl (C=O) groups is 1. The van der Waals surface area contributed by atoms with Gasteiger partial charge in [-0.1, -0.05) is 66.5 Å². The first-order valence-corrected chi connectivity index (χ1v) is 22.6. The van der Waals surface area contributed by atoms with Gasteiger partial charge in [0.1, 0.15) is 29.9 Å².